The number of rotatable bonds is 5. The number of anilines is 2. The van der Waals surface area contributed by atoms with Crippen LogP contribution in [-0.2, 0) is 9.53 Å². The maximum atomic E-state index is 12.9. The summed E-state index contributed by atoms with van der Waals surface area (Å²) in [6, 6.07) is 13.4. The number of nitrogens with zero attached hydrogens (tertiary/aromatic N) is 1. The van der Waals surface area contributed by atoms with Crippen LogP contribution in [0.25, 0.3) is 0 Å². The molecule has 0 spiro atoms. The van der Waals surface area contributed by atoms with E-state index in [1.165, 1.54) is 37.6 Å². The summed E-state index contributed by atoms with van der Waals surface area (Å²) in [4.78, 5) is 23.8. The van der Waals surface area contributed by atoms with Crippen molar-refractivity contribution in [2.75, 3.05) is 17.7 Å². The Morgan fingerprint density at radius 1 is 1.16 bits per heavy atom. The van der Waals surface area contributed by atoms with Crippen LogP contribution in [0.4, 0.5) is 15.8 Å². The Hall–Kier alpha value is -3.66. The fraction of sp³-hybridized carbons (Fsp3) is 0.0556. The van der Waals surface area contributed by atoms with Gasteiger partial charge >= 0.3 is 5.97 Å². The van der Waals surface area contributed by atoms with E-state index in [9.17, 15) is 14.0 Å². The average Bonchev–Trinajstić information content (AvgIpc) is 2.64. The van der Waals surface area contributed by atoms with Crippen LogP contribution in [-0.4, -0.2) is 19.0 Å². The molecule has 0 unspecified atom stereocenters. The van der Waals surface area contributed by atoms with Crippen molar-refractivity contribution in [3.05, 3.63) is 71.7 Å². The van der Waals surface area contributed by atoms with Gasteiger partial charge in [0.15, 0.2) is 0 Å². The molecule has 0 bridgehead atoms. The first-order chi connectivity index (χ1) is 12.0. The van der Waals surface area contributed by atoms with E-state index in [0.717, 1.165) is 0 Å². The van der Waals surface area contributed by atoms with Crippen molar-refractivity contribution >= 4 is 23.3 Å². The molecular weight excluding hydrogens is 325 g/mol. The zero-order valence-electron chi connectivity index (χ0n) is 13.2. The van der Waals surface area contributed by atoms with E-state index in [1.54, 1.807) is 30.3 Å². The van der Waals surface area contributed by atoms with Gasteiger partial charge in [0.25, 0.3) is 5.91 Å². The van der Waals surface area contributed by atoms with Crippen LogP contribution in [0, 0.1) is 17.1 Å². The number of halogens is 1. The van der Waals surface area contributed by atoms with E-state index in [2.05, 4.69) is 15.4 Å². The molecule has 0 radical (unpaired) electrons. The highest BCUT2D eigenvalue weighted by atomic mass is 19.1. The molecule has 126 valence electrons. The Bertz CT molecular complexity index is 855. The molecule has 2 aromatic carbocycles. The Morgan fingerprint density at radius 2 is 1.84 bits per heavy atom. The van der Waals surface area contributed by atoms with Crippen LogP contribution >= 0.6 is 0 Å². The Morgan fingerprint density at radius 3 is 2.48 bits per heavy atom. The summed E-state index contributed by atoms with van der Waals surface area (Å²) in [6.07, 6.45) is 1.18. The SMILES string of the molecule is COC(=O)c1ccccc1N/C=C(\C#N)C(=O)Nc1ccc(F)cc1. The van der Waals surface area contributed by atoms with Gasteiger partial charge in [0.1, 0.15) is 17.5 Å². The predicted octanol–water partition coefficient (Wildman–Crippen LogP) is 3.07. The van der Waals surface area contributed by atoms with Gasteiger partial charge in [-0.05, 0) is 36.4 Å². The van der Waals surface area contributed by atoms with Crippen LogP contribution in [0.5, 0.6) is 0 Å². The van der Waals surface area contributed by atoms with E-state index in [4.69, 9.17) is 5.26 Å². The van der Waals surface area contributed by atoms with E-state index >= 15 is 0 Å². The lowest BCUT2D eigenvalue weighted by molar-refractivity contribution is -0.112. The number of carbonyl (C=O) groups is 2. The second-order valence-electron chi connectivity index (χ2n) is 4.81. The number of hydrogen-bond donors (Lipinski definition) is 2. The number of hydrogen-bond acceptors (Lipinski definition) is 5. The summed E-state index contributed by atoms with van der Waals surface area (Å²) in [7, 11) is 1.26. The summed E-state index contributed by atoms with van der Waals surface area (Å²) < 4.78 is 17.5. The second kappa shape index (κ2) is 8.26. The minimum absolute atomic E-state index is 0.219. The standard InChI is InChI=1S/C18H14FN3O3/c1-25-18(24)15-4-2-3-5-16(15)21-11-12(10-20)17(23)22-14-8-6-13(19)7-9-14/h2-9,11,21H,1H3,(H,22,23)/b12-11+. The maximum Gasteiger partial charge on any atom is 0.339 e. The summed E-state index contributed by atoms with van der Waals surface area (Å²) in [6.45, 7) is 0. The molecule has 2 aromatic rings. The molecule has 0 heterocycles. The molecule has 2 N–H and O–H groups in total. The van der Waals surface area contributed by atoms with Crippen molar-refractivity contribution in [2.24, 2.45) is 0 Å². The van der Waals surface area contributed by atoms with Crippen LogP contribution in [0.3, 0.4) is 0 Å². The van der Waals surface area contributed by atoms with E-state index < -0.39 is 17.7 Å². The van der Waals surface area contributed by atoms with Gasteiger partial charge in [-0.1, -0.05) is 12.1 Å². The molecule has 0 aliphatic carbocycles. The Kier molecular flexibility index (Phi) is 5.85. The highest BCUT2D eigenvalue weighted by Gasteiger charge is 2.12. The number of carbonyl (C=O) groups excluding carboxylic acids is 2. The van der Waals surface area contributed by atoms with Crippen LogP contribution < -0.4 is 10.6 Å². The van der Waals surface area contributed by atoms with Crippen molar-refractivity contribution in [2.45, 2.75) is 0 Å². The molecular formula is C18H14FN3O3. The molecule has 0 saturated heterocycles. The third-order valence-corrected chi connectivity index (χ3v) is 3.17. The van der Waals surface area contributed by atoms with Crippen molar-refractivity contribution < 1.29 is 18.7 Å². The van der Waals surface area contributed by atoms with Crippen LogP contribution in [0.2, 0.25) is 0 Å². The minimum Gasteiger partial charge on any atom is -0.465 e. The quantitative estimate of drug-likeness (QED) is 0.496. The third-order valence-electron chi connectivity index (χ3n) is 3.17. The number of nitrogens with one attached hydrogen (secondary N) is 2. The van der Waals surface area contributed by atoms with Crippen molar-refractivity contribution in [1.29, 1.82) is 5.26 Å². The van der Waals surface area contributed by atoms with Gasteiger partial charge < -0.3 is 15.4 Å². The lowest BCUT2D eigenvalue weighted by Crippen LogP contribution is -2.15. The summed E-state index contributed by atoms with van der Waals surface area (Å²) in [5, 5.41) is 14.4. The normalized spacial score (nSPS) is 10.5. The molecule has 2 rings (SSSR count). The zero-order chi connectivity index (χ0) is 18.2. The van der Waals surface area contributed by atoms with Crippen LogP contribution in [0.1, 0.15) is 10.4 Å². The topological polar surface area (TPSA) is 91.2 Å². The van der Waals surface area contributed by atoms with Crippen molar-refractivity contribution in [3.63, 3.8) is 0 Å². The number of nitriles is 1. The molecule has 0 atom stereocenters. The fourth-order valence-electron chi connectivity index (χ4n) is 1.93. The lowest BCUT2D eigenvalue weighted by Gasteiger charge is -2.08. The predicted molar refractivity (Wildman–Crippen MR) is 90.1 cm³/mol. The zero-order valence-corrected chi connectivity index (χ0v) is 13.2. The van der Waals surface area contributed by atoms with Gasteiger partial charge in [0, 0.05) is 11.9 Å². The molecule has 0 saturated carbocycles. The first-order valence-corrected chi connectivity index (χ1v) is 7.16. The summed E-state index contributed by atoms with van der Waals surface area (Å²) in [5.74, 6) is -1.65. The van der Waals surface area contributed by atoms with Crippen molar-refractivity contribution in [1.82, 2.24) is 0 Å². The van der Waals surface area contributed by atoms with E-state index in [0.29, 0.717) is 11.4 Å². The minimum atomic E-state index is -0.669. The molecule has 7 heteroatoms. The number of ether oxygens (including phenoxy) is 1. The van der Waals surface area contributed by atoms with Crippen molar-refractivity contribution in [3.8, 4) is 6.07 Å². The molecule has 0 aliphatic rings. The smallest absolute Gasteiger partial charge is 0.339 e. The van der Waals surface area contributed by atoms with Gasteiger partial charge in [0.2, 0.25) is 0 Å². The first kappa shape index (κ1) is 17.7. The first-order valence-electron chi connectivity index (χ1n) is 7.16. The monoisotopic (exact) mass is 339 g/mol. The maximum absolute atomic E-state index is 12.9. The number of esters is 1. The Balaban J connectivity index is 2.15. The molecule has 6 nitrogen and oxygen atoms in total. The van der Waals surface area contributed by atoms with Gasteiger partial charge in [-0.2, -0.15) is 5.26 Å². The van der Waals surface area contributed by atoms with Gasteiger partial charge in [-0.15, -0.1) is 0 Å². The highest BCUT2D eigenvalue weighted by molar-refractivity contribution is 6.06. The van der Waals surface area contributed by atoms with Crippen LogP contribution in [0.15, 0.2) is 60.3 Å². The number of benzene rings is 2. The van der Waals surface area contributed by atoms with E-state index in [1.807, 2.05) is 0 Å². The number of para-hydroxylation sites is 1. The molecule has 0 aromatic heterocycles. The van der Waals surface area contributed by atoms with Gasteiger partial charge in [-0.25, -0.2) is 9.18 Å². The Labute approximate surface area is 143 Å². The molecule has 0 aliphatic heterocycles. The fourth-order valence-corrected chi connectivity index (χ4v) is 1.93. The van der Waals surface area contributed by atoms with Gasteiger partial charge in [-0.3, -0.25) is 4.79 Å². The summed E-state index contributed by atoms with van der Waals surface area (Å²) in [5.41, 5.74) is 0.778. The highest BCUT2D eigenvalue weighted by Crippen LogP contribution is 2.17. The molecule has 1 amide bonds. The largest absolute Gasteiger partial charge is 0.465 e. The number of amides is 1. The molecule has 25 heavy (non-hydrogen) atoms. The summed E-state index contributed by atoms with van der Waals surface area (Å²) >= 11 is 0. The molecule has 0 fully saturated rings. The average molecular weight is 339 g/mol. The van der Waals surface area contributed by atoms with Gasteiger partial charge in [0.05, 0.1) is 18.4 Å². The number of methoxy groups -OCH3 is 1. The lowest BCUT2D eigenvalue weighted by atomic mass is 10.2. The second-order valence-corrected chi connectivity index (χ2v) is 4.81. The van der Waals surface area contributed by atoms with E-state index in [-0.39, 0.29) is 11.1 Å². The third kappa shape index (κ3) is 4.65.